The number of rotatable bonds is 7. The molecule has 2 aromatic rings. The number of alkyl carbamates (subject to hydrolysis) is 1. The van der Waals surface area contributed by atoms with Crippen LogP contribution in [0.15, 0.2) is 48.5 Å². The van der Waals surface area contributed by atoms with Gasteiger partial charge in [0.1, 0.15) is 12.1 Å². The fourth-order valence-corrected chi connectivity index (χ4v) is 4.17. The molecule has 4 rings (SSSR count). The molecule has 2 aromatic carbocycles. The number of nitrogens with one attached hydrogen (secondary N) is 2. The minimum Gasteiger partial charge on any atom is -0.481 e. The summed E-state index contributed by atoms with van der Waals surface area (Å²) in [5.74, 6) is -1.71. The Kier molecular flexibility index (Phi) is 5.43. The van der Waals surface area contributed by atoms with Crippen LogP contribution < -0.4 is 10.6 Å². The number of hydrogen-bond acceptors (Lipinski definition) is 4. The number of ether oxygens (including phenoxy) is 1. The van der Waals surface area contributed by atoms with Crippen molar-refractivity contribution in [3.8, 4) is 11.1 Å². The molecule has 0 aromatic heterocycles. The molecule has 0 radical (unpaired) electrons. The second-order valence-electron chi connectivity index (χ2n) is 8.73. The number of fused-ring (bicyclic) bond motifs is 3. The molecule has 31 heavy (non-hydrogen) atoms. The van der Waals surface area contributed by atoms with Gasteiger partial charge in [0.15, 0.2) is 0 Å². The minimum atomic E-state index is -1.18. The van der Waals surface area contributed by atoms with Crippen LogP contribution in [0.4, 0.5) is 4.79 Å². The van der Waals surface area contributed by atoms with Crippen molar-refractivity contribution in [3.63, 3.8) is 0 Å². The van der Waals surface area contributed by atoms with E-state index >= 15 is 0 Å². The topological polar surface area (TPSA) is 105 Å². The van der Waals surface area contributed by atoms with E-state index in [2.05, 4.69) is 22.8 Å². The Bertz CT molecular complexity index is 987. The first kappa shape index (κ1) is 20.9. The number of benzene rings is 2. The third-order valence-electron chi connectivity index (χ3n) is 6.09. The van der Waals surface area contributed by atoms with Crippen LogP contribution >= 0.6 is 0 Å². The van der Waals surface area contributed by atoms with Crippen LogP contribution in [-0.4, -0.2) is 41.8 Å². The molecule has 2 atom stereocenters. The quantitative estimate of drug-likeness (QED) is 0.636. The summed E-state index contributed by atoms with van der Waals surface area (Å²) >= 11 is 0. The Labute approximate surface area is 180 Å². The number of amides is 2. The molecule has 0 aliphatic heterocycles. The van der Waals surface area contributed by atoms with Gasteiger partial charge in [-0.15, -0.1) is 0 Å². The number of carboxylic acid groups (broad SMARTS) is 1. The van der Waals surface area contributed by atoms with Gasteiger partial charge >= 0.3 is 12.1 Å². The summed E-state index contributed by atoms with van der Waals surface area (Å²) in [5.41, 5.74) is 3.34. The Balaban J connectivity index is 1.33. The van der Waals surface area contributed by atoms with Gasteiger partial charge < -0.3 is 20.5 Å². The predicted molar refractivity (Wildman–Crippen MR) is 115 cm³/mol. The molecule has 0 spiro atoms. The lowest BCUT2D eigenvalue weighted by atomic mass is 9.98. The molecule has 0 bridgehead atoms. The van der Waals surface area contributed by atoms with E-state index in [9.17, 15) is 14.4 Å². The first-order valence-electron chi connectivity index (χ1n) is 10.4. The number of hydrogen-bond donors (Lipinski definition) is 3. The second-order valence-corrected chi connectivity index (χ2v) is 8.73. The lowest BCUT2D eigenvalue weighted by Gasteiger charge is -2.25. The van der Waals surface area contributed by atoms with Crippen molar-refractivity contribution in [2.75, 3.05) is 13.2 Å². The van der Waals surface area contributed by atoms with E-state index in [0.717, 1.165) is 22.3 Å². The van der Waals surface area contributed by atoms with Gasteiger partial charge in [0.2, 0.25) is 5.91 Å². The summed E-state index contributed by atoms with van der Waals surface area (Å²) in [5, 5.41) is 14.3. The lowest BCUT2D eigenvalue weighted by Crippen LogP contribution is -2.55. The van der Waals surface area contributed by atoms with Gasteiger partial charge in [-0.3, -0.25) is 9.59 Å². The van der Waals surface area contributed by atoms with E-state index in [1.54, 1.807) is 13.8 Å². The van der Waals surface area contributed by atoms with E-state index in [-0.39, 0.29) is 30.9 Å². The highest BCUT2D eigenvalue weighted by molar-refractivity contribution is 5.89. The molecule has 7 nitrogen and oxygen atoms in total. The molecule has 1 saturated carbocycles. The predicted octanol–water partition coefficient (Wildman–Crippen LogP) is 3.14. The van der Waals surface area contributed by atoms with E-state index in [4.69, 9.17) is 9.84 Å². The van der Waals surface area contributed by atoms with Gasteiger partial charge in [-0.2, -0.15) is 0 Å². The van der Waals surface area contributed by atoms with E-state index in [0.29, 0.717) is 6.42 Å². The van der Waals surface area contributed by atoms with Crippen molar-refractivity contribution >= 4 is 18.0 Å². The highest BCUT2D eigenvalue weighted by Gasteiger charge is 2.43. The number of aliphatic carboxylic acids is 1. The second kappa shape index (κ2) is 8.06. The molecule has 0 heterocycles. The van der Waals surface area contributed by atoms with Crippen molar-refractivity contribution in [1.29, 1.82) is 0 Å². The lowest BCUT2D eigenvalue weighted by molar-refractivity contribution is -0.139. The van der Waals surface area contributed by atoms with E-state index < -0.39 is 23.5 Å². The maximum absolute atomic E-state index is 12.5. The summed E-state index contributed by atoms with van der Waals surface area (Å²) in [6, 6.07) is 16.1. The number of carbonyl (C=O) groups excluding carboxylic acids is 2. The Hall–Kier alpha value is -3.35. The Morgan fingerprint density at radius 1 is 1.03 bits per heavy atom. The molecule has 0 saturated heterocycles. The molecule has 2 aliphatic carbocycles. The van der Waals surface area contributed by atoms with Crippen molar-refractivity contribution in [2.45, 2.75) is 31.7 Å². The van der Waals surface area contributed by atoms with Gasteiger partial charge in [0.05, 0.1) is 5.92 Å². The van der Waals surface area contributed by atoms with Crippen LogP contribution in [-0.2, 0) is 14.3 Å². The minimum absolute atomic E-state index is 0.0493. The molecule has 2 aliphatic rings. The van der Waals surface area contributed by atoms with E-state index in [1.807, 2.05) is 36.4 Å². The molecule has 7 heteroatoms. The highest BCUT2D eigenvalue weighted by atomic mass is 16.5. The van der Waals surface area contributed by atoms with Crippen molar-refractivity contribution in [2.24, 2.45) is 11.8 Å². The molecule has 3 N–H and O–H groups in total. The van der Waals surface area contributed by atoms with Crippen molar-refractivity contribution in [3.05, 3.63) is 59.7 Å². The van der Waals surface area contributed by atoms with Crippen LogP contribution in [0.5, 0.6) is 0 Å². The van der Waals surface area contributed by atoms with Gasteiger partial charge in [-0.05, 0) is 48.4 Å². The summed E-state index contributed by atoms with van der Waals surface area (Å²) in [6.45, 7) is 3.63. The number of carboxylic acids is 1. The Morgan fingerprint density at radius 2 is 1.61 bits per heavy atom. The van der Waals surface area contributed by atoms with Crippen LogP contribution in [0.3, 0.4) is 0 Å². The SMILES string of the molecule is CC(C)(NC(=O)OCC1c2ccccc2-c2ccccc21)C(=O)NC[C@@H]1C[C@@H]1C(=O)O. The molecule has 2 amide bonds. The monoisotopic (exact) mass is 422 g/mol. The van der Waals surface area contributed by atoms with Crippen molar-refractivity contribution in [1.82, 2.24) is 10.6 Å². The molecule has 1 fully saturated rings. The van der Waals surface area contributed by atoms with Crippen LogP contribution in [0, 0.1) is 11.8 Å². The maximum atomic E-state index is 12.5. The van der Waals surface area contributed by atoms with E-state index in [1.165, 1.54) is 0 Å². The average Bonchev–Trinajstić information content (AvgIpc) is 3.46. The fourth-order valence-electron chi connectivity index (χ4n) is 4.17. The molecule has 162 valence electrons. The largest absolute Gasteiger partial charge is 0.481 e. The standard InChI is InChI=1S/C24H26N2O5/c1-24(2,22(29)25-12-14-11-19(14)21(27)28)26-23(30)31-13-20-17-9-5-3-7-15(17)16-8-4-6-10-18(16)20/h3-10,14,19-20H,11-13H2,1-2H3,(H,25,29)(H,26,30)(H,27,28)/t14-,19-/m0/s1. The zero-order valence-electron chi connectivity index (χ0n) is 17.6. The van der Waals surface area contributed by atoms with Gasteiger partial charge in [-0.25, -0.2) is 4.79 Å². The zero-order chi connectivity index (χ0) is 22.2. The molecular formula is C24H26N2O5. The van der Waals surface area contributed by atoms with Crippen LogP contribution in [0.25, 0.3) is 11.1 Å². The summed E-state index contributed by atoms with van der Waals surface area (Å²) in [7, 11) is 0. The third-order valence-corrected chi connectivity index (χ3v) is 6.09. The smallest absolute Gasteiger partial charge is 0.408 e. The fraction of sp³-hybridized carbons (Fsp3) is 0.375. The highest BCUT2D eigenvalue weighted by Crippen LogP contribution is 2.44. The first-order chi connectivity index (χ1) is 14.8. The van der Waals surface area contributed by atoms with Gasteiger partial charge in [-0.1, -0.05) is 48.5 Å². The van der Waals surface area contributed by atoms with Crippen molar-refractivity contribution < 1.29 is 24.2 Å². The first-order valence-corrected chi connectivity index (χ1v) is 10.4. The maximum Gasteiger partial charge on any atom is 0.408 e. The molecular weight excluding hydrogens is 396 g/mol. The summed E-state index contributed by atoms with van der Waals surface area (Å²) in [6.07, 6.45) is -0.104. The summed E-state index contributed by atoms with van der Waals surface area (Å²) in [4.78, 5) is 35.8. The Morgan fingerprint density at radius 3 is 2.16 bits per heavy atom. The number of carbonyl (C=O) groups is 3. The van der Waals surface area contributed by atoms with Gasteiger partial charge in [0, 0.05) is 12.5 Å². The van der Waals surface area contributed by atoms with Gasteiger partial charge in [0.25, 0.3) is 0 Å². The molecule has 0 unspecified atom stereocenters. The zero-order valence-corrected chi connectivity index (χ0v) is 17.6. The van der Waals surface area contributed by atoms with Crippen LogP contribution in [0.1, 0.15) is 37.3 Å². The normalized spacial score (nSPS) is 19.2. The summed E-state index contributed by atoms with van der Waals surface area (Å²) < 4.78 is 5.50. The average molecular weight is 422 g/mol. The van der Waals surface area contributed by atoms with Crippen LogP contribution in [0.2, 0.25) is 0 Å². The third kappa shape index (κ3) is 4.26.